The lowest BCUT2D eigenvalue weighted by molar-refractivity contribution is -0.143. The number of amides is 3. The van der Waals surface area contributed by atoms with Crippen molar-refractivity contribution >= 4 is 17.9 Å². The minimum atomic E-state index is -1.24. The second-order valence-electron chi connectivity index (χ2n) is 9.19. The molecule has 2 unspecified atom stereocenters. The molecule has 0 aliphatic heterocycles. The summed E-state index contributed by atoms with van der Waals surface area (Å²) in [5.74, 6) is -0.855. The van der Waals surface area contributed by atoms with Crippen molar-refractivity contribution in [1.29, 1.82) is 0 Å². The molecular weight excluding hydrogens is 410 g/mol. The number of aliphatic hydroxyl groups excluding tert-OH is 1. The molecule has 0 aromatic heterocycles. The molecule has 1 aromatic carbocycles. The van der Waals surface area contributed by atoms with Crippen LogP contribution >= 0.6 is 0 Å². The third-order valence-electron chi connectivity index (χ3n) is 4.68. The minimum Gasteiger partial charge on any atom is -0.444 e. The highest BCUT2D eigenvalue weighted by atomic mass is 16.6. The monoisotopic (exact) mass is 449 g/mol. The highest BCUT2D eigenvalue weighted by Gasteiger charge is 2.36. The van der Waals surface area contributed by atoms with Crippen LogP contribution in [0.4, 0.5) is 4.79 Å². The van der Waals surface area contributed by atoms with Gasteiger partial charge >= 0.3 is 6.09 Å². The molecule has 0 radical (unpaired) electrons. The average Bonchev–Trinajstić information content (AvgIpc) is 2.67. The van der Waals surface area contributed by atoms with Crippen molar-refractivity contribution in [2.75, 3.05) is 13.2 Å². The first-order valence-electron chi connectivity index (χ1n) is 11.2. The van der Waals surface area contributed by atoms with Gasteiger partial charge in [0, 0.05) is 12.6 Å². The molecule has 8 heteroatoms. The number of unbranched alkanes of at least 4 members (excludes halogenated alkanes) is 1. The highest BCUT2D eigenvalue weighted by molar-refractivity contribution is 5.92. The summed E-state index contributed by atoms with van der Waals surface area (Å²) in [4.78, 5) is 40.5. The Bertz CT molecular complexity index is 773. The van der Waals surface area contributed by atoms with Crippen LogP contribution in [-0.2, 0) is 14.3 Å². The van der Waals surface area contributed by atoms with E-state index >= 15 is 0 Å². The van der Waals surface area contributed by atoms with E-state index in [1.165, 1.54) is 4.90 Å². The summed E-state index contributed by atoms with van der Waals surface area (Å²) in [5.41, 5.74) is 0.811. The van der Waals surface area contributed by atoms with Gasteiger partial charge in [0.25, 0.3) is 0 Å². The van der Waals surface area contributed by atoms with Gasteiger partial charge < -0.3 is 25.4 Å². The van der Waals surface area contributed by atoms with Gasteiger partial charge in [0.2, 0.25) is 11.8 Å². The van der Waals surface area contributed by atoms with Gasteiger partial charge in [0.1, 0.15) is 17.7 Å². The number of benzene rings is 1. The normalized spacial score (nSPS) is 13.3. The third-order valence-corrected chi connectivity index (χ3v) is 4.68. The number of carbonyl (C=O) groups is 3. The Kier molecular flexibility index (Phi) is 10.7. The Morgan fingerprint density at radius 1 is 1.12 bits per heavy atom. The highest BCUT2D eigenvalue weighted by Crippen LogP contribution is 2.26. The molecule has 0 saturated heterocycles. The van der Waals surface area contributed by atoms with E-state index < -0.39 is 36.3 Å². The van der Waals surface area contributed by atoms with E-state index in [2.05, 4.69) is 10.6 Å². The Balaban J connectivity index is 3.36. The van der Waals surface area contributed by atoms with Crippen LogP contribution in [0.15, 0.2) is 24.3 Å². The van der Waals surface area contributed by atoms with Crippen molar-refractivity contribution in [1.82, 2.24) is 15.5 Å². The van der Waals surface area contributed by atoms with Gasteiger partial charge in [-0.2, -0.15) is 0 Å². The molecule has 2 atom stereocenters. The van der Waals surface area contributed by atoms with Crippen LogP contribution in [0, 0.1) is 6.92 Å². The zero-order chi connectivity index (χ0) is 24.5. The fourth-order valence-corrected chi connectivity index (χ4v) is 3.24. The number of aliphatic hydroxyl groups is 1. The van der Waals surface area contributed by atoms with Crippen LogP contribution in [0.3, 0.4) is 0 Å². The second kappa shape index (κ2) is 12.4. The van der Waals surface area contributed by atoms with Gasteiger partial charge in [0.05, 0.1) is 6.61 Å². The number of aryl methyl sites for hydroxylation is 1. The predicted molar refractivity (Wildman–Crippen MR) is 124 cm³/mol. The first kappa shape index (κ1) is 27.4. The summed E-state index contributed by atoms with van der Waals surface area (Å²) in [6.45, 7) is 12.4. The van der Waals surface area contributed by atoms with E-state index in [0.717, 1.165) is 12.0 Å². The molecule has 1 aromatic rings. The van der Waals surface area contributed by atoms with Gasteiger partial charge in [-0.05, 0) is 59.1 Å². The van der Waals surface area contributed by atoms with E-state index in [-0.39, 0.29) is 11.9 Å². The number of rotatable bonds is 10. The van der Waals surface area contributed by atoms with E-state index in [9.17, 15) is 19.5 Å². The lowest BCUT2D eigenvalue weighted by Crippen LogP contribution is -2.55. The predicted octanol–water partition coefficient (Wildman–Crippen LogP) is 3.08. The van der Waals surface area contributed by atoms with Crippen molar-refractivity contribution in [3.8, 4) is 0 Å². The summed E-state index contributed by atoms with van der Waals surface area (Å²) >= 11 is 0. The molecule has 1 rings (SSSR count). The topological polar surface area (TPSA) is 108 Å². The molecule has 0 saturated carbocycles. The maximum Gasteiger partial charge on any atom is 0.408 e. The van der Waals surface area contributed by atoms with Crippen LogP contribution in [0.25, 0.3) is 0 Å². The smallest absolute Gasteiger partial charge is 0.408 e. The minimum absolute atomic E-state index is 0.120. The molecule has 0 aliphatic rings. The number of hydrogen-bond acceptors (Lipinski definition) is 5. The van der Waals surface area contributed by atoms with E-state index in [0.29, 0.717) is 18.5 Å². The van der Waals surface area contributed by atoms with Crippen molar-refractivity contribution < 1.29 is 24.2 Å². The lowest BCUT2D eigenvalue weighted by atomic mass is 9.97. The molecule has 180 valence electrons. The molecular formula is C24H39N3O5. The molecule has 0 fully saturated rings. The molecule has 0 spiro atoms. The fraction of sp³-hybridized carbons (Fsp3) is 0.625. The van der Waals surface area contributed by atoms with E-state index in [1.54, 1.807) is 20.8 Å². The van der Waals surface area contributed by atoms with Crippen molar-refractivity contribution in [2.24, 2.45) is 0 Å². The Morgan fingerprint density at radius 2 is 1.75 bits per heavy atom. The Morgan fingerprint density at radius 3 is 2.25 bits per heavy atom. The van der Waals surface area contributed by atoms with Crippen LogP contribution < -0.4 is 10.6 Å². The summed E-state index contributed by atoms with van der Waals surface area (Å²) in [6.07, 6.45) is 0.659. The molecule has 8 nitrogen and oxygen atoms in total. The third kappa shape index (κ3) is 8.49. The SMILES string of the molecule is CCCCN(C(=O)C(CO)NC(=O)OC(C)(C)C)C(C(=O)NC(C)C)c1ccccc1C. The molecule has 0 aliphatic carbocycles. The summed E-state index contributed by atoms with van der Waals surface area (Å²) in [7, 11) is 0. The number of hydrogen-bond donors (Lipinski definition) is 3. The van der Waals surface area contributed by atoms with Crippen LogP contribution in [0.5, 0.6) is 0 Å². The standard InChI is InChI=1S/C24H39N3O5/c1-8-9-14-27(22(30)19(15-28)26-23(31)32-24(5,6)7)20(21(29)25-16(2)3)18-13-11-10-12-17(18)4/h10-13,16,19-20,28H,8-9,14-15H2,1-7H3,(H,25,29)(H,26,31). The van der Waals surface area contributed by atoms with E-state index in [4.69, 9.17) is 4.74 Å². The average molecular weight is 450 g/mol. The van der Waals surface area contributed by atoms with Crippen LogP contribution in [-0.4, -0.2) is 58.8 Å². The van der Waals surface area contributed by atoms with Crippen molar-refractivity contribution in [3.05, 3.63) is 35.4 Å². The van der Waals surface area contributed by atoms with Gasteiger partial charge in [-0.1, -0.05) is 37.6 Å². The molecule has 3 amide bonds. The van der Waals surface area contributed by atoms with Gasteiger partial charge in [-0.3, -0.25) is 9.59 Å². The Labute approximate surface area is 191 Å². The molecule has 3 N–H and O–H groups in total. The number of alkyl carbamates (subject to hydrolysis) is 1. The Hall–Kier alpha value is -2.61. The lowest BCUT2D eigenvalue weighted by Gasteiger charge is -2.35. The summed E-state index contributed by atoms with van der Waals surface area (Å²) in [5, 5.41) is 15.2. The zero-order valence-corrected chi connectivity index (χ0v) is 20.4. The fourth-order valence-electron chi connectivity index (χ4n) is 3.24. The van der Waals surface area contributed by atoms with Gasteiger partial charge in [-0.25, -0.2) is 4.79 Å². The maximum atomic E-state index is 13.5. The van der Waals surface area contributed by atoms with Crippen LogP contribution in [0.2, 0.25) is 0 Å². The number of nitrogens with one attached hydrogen (secondary N) is 2. The number of nitrogens with zero attached hydrogens (tertiary/aromatic N) is 1. The summed E-state index contributed by atoms with van der Waals surface area (Å²) < 4.78 is 5.23. The van der Waals surface area contributed by atoms with Crippen molar-refractivity contribution in [2.45, 2.75) is 85.0 Å². The molecule has 0 bridgehead atoms. The van der Waals surface area contributed by atoms with Gasteiger partial charge in [0.15, 0.2) is 0 Å². The largest absolute Gasteiger partial charge is 0.444 e. The molecule has 0 heterocycles. The second-order valence-corrected chi connectivity index (χ2v) is 9.19. The van der Waals surface area contributed by atoms with E-state index in [1.807, 2.05) is 52.0 Å². The first-order chi connectivity index (χ1) is 14.9. The molecule has 32 heavy (non-hydrogen) atoms. The first-order valence-corrected chi connectivity index (χ1v) is 11.2. The zero-order valence-electron chi connectivity index (χ0n) is 20.4. The maximum absolute atomic E-state index is 13.5. The van der Waals surface area contributed by atoms with Gasteiger partial charge in [-0.15, -0.1) is 0 Å². The van der Waals surface area contributed by atoms with Crippen molar-refractivity contribution in [3.63, 3.8) is 0 Å². The number of carbonyl (C=O) groups excluding carboxylic acids is 3. The van der Waals surface area contributed by atoms with Crippen LogP contribution in [0.1, 0.15) is 71.6 Å². The number of ether oxygens (including phenoxy) is 1. The summed E-state index contributed by atoms with van der Waals surface area (Å²) in [6, 6.07) is 5.15. The quantitative estimate of drug-likeness (QED) is 0.509.